The van der Waals surface area contributed by atoms with Crippen molar-refractivity contribution in [3.8, 4) is 11.3 Å². The standard InChI is InChI=1S/C18H20Cl2N6OS/c1-18(2,7-21)26-17-24-13(8-4-5-9(19)10(20)6-8)11-12(22)14(15(27)23-3)28-16(11)25-17/h4-6H,7,21-22H2,1-3H3,(H,23,27)(H,24,25,26). The van der Waals surface area contributed by atoms with Gasteiger partial charge < -0.3 is 22.1 Å². The van der Waals surface area contributed by atoms with Crippen molar-refractivity contribution in [2.24, 2.45) is 5.73 Å². The predicted molar refractivity (Wildman–Crippen MR) is 117 cm³/mol. The van der Waals surface area contributed by atoms with Crippen LogP contribution >= 0.6 is 34.5 Å². The van der Waals surface area contributed by atoms with Crippen LogP contribution in [0, 0.1) is 0 Å². The summed E-state index contributed by atoms with van der Waals surface area (Å²) in [5, 5.41) is 7.24. The first-order valence-electron chi connectivity index (χ1n) is 8.42. The molecule has 10 heteroatoms. The average Bonchev–Trinajstić information content (AvgIpc) is 2.99. The summed E-state index contributed by atoms with van der Waals surface area (Å²) in [4.78, 5) is 22.4. The Morgan fingerprint density at radius 1 is 1.25 bits per heavy atom. The summed E-state index contributed by atoms with van der Waals surface area (Å²) in [5.74, 6) is 0.103. The maximum atomic E-state index is 12.2. The van der Waals surface area contributed by atoms with E-state index in [-0.39, 0.29) is 5.91 Å². The first-order chi connectivity index (χ1) is 13.2. The van der Waals surface area contributed by atoms with E-state index < -0.39 is 5.54 Å². The van der Waals surface area contributed by atoms with Gasteiger partial charge in [0.1, 0.15) is 9.71 Å². The Morgan fingerprint density at radius 3 is 2.57 bits per heavy atom. The smallest absolute Gasteiger partial charge is 0.263 e. The van der Waals surface area contributed by atoms with Gasteiger partial charge in [-0.2, -0.15) is 0 Å². The van der Waals surface area contributed by atoms with Gasteiger partial charge in [0.15, 0.2) is 0 Å². The molecule has 3 rings (SSSR count). The van der Waals surface area contributed by atoms with Crippen LogP contribution in [-0.4, -0.2) is 35.0 Å². The largest absolute Gasteiger partial charge is 0.397 e. The summed E-state index contributed by atoms with van der Waals surface area (Å²) in [7, 11) is 1.55. The molecule has 2 aromatic heterocycles. The van der Waals surface area contributed by atoms with Gasteiger partial charge in [-0.15, -0.1) is 11.3 Å². The highest BCUT2D eigenvalue weighted by atomic mass is 35.5. The summed E-state index contributed by atoms with van der Waals surface area (Å²) in [6.07, 6.45) is 0. The number of nitrogens with one attached hydrogen (secondary N) is 2. The van der Waals surface area contributed by atoms with E-state index in [1.807, 2.05) is 13.8 Å². The van der Waals surface area contributed by atoms with E-state index in [4.69, 9.17) is 34.7 Å². The normalized spacial score (nSPS) is 11.6. The average molecular weight is 439 g/mol. The summed E-state index contributed by atoms with van der Waals surface area (Å²) in [6.45, 7) is 4.27. The van der Waals surface area contributed by atoms with Gasteiger partial charge in [-0.3, -0.25) is 4.79 Å². The van der Waals surface area contributed by atoms with E-state index in [0.29, 0.717) is 54.6 Å². The van der Waals surface area contributed by atoms with Crippen LogP contribution in [0.4, 0.5) is 11.6 Å². The van der Waals surface area contributed by atoms with Crippen molar-refractivity contribution in [1.82, 2.24) is 15.3 Å². The lowest BCUT2D eigenvalue weighted by Gasteiger charge is -2.24. The highest BCUT2D eigenvalue weighted by Crippen LogP contribution is 2.40. The highest BCUT2D eigenvalue weighted by Gasteiger charge is 2.24. The Balaban J connectivity index is 2.29. The Morgan fingerprint density at radius 2 is 1.96 bits per heavy atom. The molecule has 0 radical (unpaired) electrons. The van der Waals surface area contributed by atoms with Crippen LogP contribution in [0.25, 0.3) is 21.5 Å². The number of carbonyl (C=O) groups excluding carboxylic acids is 1. The molecule has 6 N–H and O–H groups in total. The van der Waals surface area contributed by atoms with Gasteiger partial charge in [0, 0.05) is 24.7 Å². The Bertz CT molecular complexity index is 1070. The molecule has 3 aromatic rings. The van der Waals surface area contributed by atoms with Crippen molar-refractivity contribution < 1.29 is 4.79 Å². The van der Waals surface area contributed by atoms with Gasteiger partial charge in [0.05, 0.1) is 26.8 Å². The van der Waals surface area contributed by atoms with Crippen LogP contribution in [0.3, 0.4) is 0 Å². The van der Waals surface area contributed by atoms with Gasteiger partial charge in [0.2, 0.25) is 5.95 Å². The van der Waals surface area contributed by atoms with E-state index in [1.165, 1.54) is 11.3 Å². The summed E-state index contributed by atoms with van der Waals surface area (Å²) in [5.41, 5.74) is 13.3. The number of aromatic nitrogens is 2. The van der Waals surface area contributed by atoms with Crippen LogP contribution < -0.4 is 22.1 Å². The molecular weight excluding hydrogens is 419 g/mol. The van der Waals surface area contributed by atoms with E-state index in [1.54, 1.807) is 25.2 Å². The minimum Gasteiger partial charge on any atom is -0.397 e. The molecule has 0 fully saturated rings. The predicted octanol–water partition coefficient (Wildman–Crippen LogP) is 3.76. The van der Waals surface area contributed by atoms with Crippen LogP contribution in [0.15, 0.2) is 18.2 Å². The number of carbonyl (C=O) groups is 1. The van der Waals surface area contributed by atoms with E-state index in [9.17, 15) is 4.79 Å². The number of amides is 1. The van der Waals surface area contributed by atoms with Crippen LogP contribution in [0.5, 0.6) is 0 Å². The van der Waals surface area contributed by atoms with Gasteiger partial charge in [-0.05, 0) is 26.0 Å². The number of thiophene rings is 1. The maximum Gasteiger partial charge on any atom is 0.263 e. The SMILES string of the molecule is CNC(=O)c1sc2nc(NC(C)(C)CN)nc(-c3ccc(Cl)c(Cl)c3)c2c1N. The number of hydrogen-bond acceptors (Lipinski definition) is 7. The Hall–Kier alpha value is -2.13. The number of hydrogen-bond donors (Lipinski definition) is 4. The molecule has 1 aromatic carbocycles. The van der Waals surface area contributed by atoms with Crippen molar-refractivity contribution in [2.45, 2.75) is 19.4 Å². The van der Waals surface area contributed by atoms with Gasteiger partial charge in [-0.25, -0.2) is 9.97 Å². The molecule has 0 saturated heterocycles. The second-order valence-electron chi connectivity index (χ2n) is 6.84. The fraction of sp³-hybridized carbons (Fsp3) is 0.278. The highest BCUT2D eigenvalue weighted by molar-refractivity contribution is 7.21. The molecule has 1 amide bonds. The Labute approximate surface area is 176 Å². The van der Waals surface area contributed by atoms with Crippen molar-refractivity contribution >= 4 is 62.3 Å². The van der Waals surface area contributed by atoms with Crippen molar-refractivity contribution in [1.29, 1.82) is 0 Å². The van der Waals surface area contributed by atoms with E-state index >= 15 is 0 Å². The molecule has 0 aliphatic heterocycles. The zero-order chi connectivity index (χ0) is 20.6. The van der Waals surface area contributed by atoms with Gasteiger partial charge >= 0.3 is 0 Å². The van der Waals surface area contributed by atoms with Crippen LogP contribution in [0.1, 0.15) is 23.5 Å². The molecule has 0 aliphatic rings. The van der Waals surface area contributed by atoms with Gasteiger partial charge in [0.25, 0.3) is 5.91 Å². The fourth-order valence-electron chi connectivity index (χ4n) is 2.57. The maximum absolute atomic E-state index is 12.2. The number of nitrogens with zero attached hydrogens (tertiary/aromatic N) is 2. The molecule has 0 bridgehead atoms. The lowest BCUT2D eigenvalue weighted by atomic mass is 10.1. The molecule has 0 atom stereocenters. The quantitative estimate of drug-likeness (QED) is 0.481. The van der Waals surface area contributed by atoms with Crippen molar-refractivity contribution in [2.75, 3.05) is 24.6 Å². The molecule has 7 nitrogen and oxygen atoms in total. The molecular formula is C18H20Cl2N6OS. The fourth-order valence-corrected chi connectivity index (χ4v) is 3.91. The number of benzene rings is 1. The molecule has 2 heterocycles. The third-order valence-electron chi connectivity index (χ3n) is 4.18. The number of nitrogens with two attached hydrogens (primary N) is 2. The molecule has 28 heavy (non-hydrogen) atoms. The molecule has 0 saturated carbocycles. The third-order valence-corrected chi connectivity index (χ3v) is 6.01. The molecule has 0 aliphatic carbocycles. The van der Waals surface area contributed by atoms with E-state index in [2.05, 4.69) is 20.6 Å². The Kier molecular flexibility index (Phi) is 5.67. The van der Waals surface area contributed by atoms with Crippen LogP contribution in [0.2, 0.25) is 10.0 Å². The van der Waals surface area contributed by atoms with E-state index in [0.717, 1.165) is 0 Å². The lowest BCUT2D eigenvalue weighted by Crippen LogP contribution is -2.39. The first-order valence-corrected chi connectivity index (χ1v) is 10.00. The third kappa shape index (κ3) is 3.86. The second kappa shape index (κ2) is 7.71. The molecule has 0 spiro atoms. The lowest BCUT2D eigenvalue weighted by molar-refractivity contribution is 0.0968. The van der Waals surface area contributed by atoms with Gasteiger partial charge in [-0.1, -0.05) is 29.3 Å². The number of anilines is 2. The van der Waals surface area contributed by atoms with Crippen LogP contribution in [-0.2, 0) is 0 Å². The zero-order valence-corrected chi connectivity index (χ0v) is 17.9. The zero-order valence-electron chi connectivity index (χ0n) is 15.6. The topological polar surface area (TPSA) is 119 Å². The summed E-state index contributed by atoms with van der Waals surface area (Å²) >= 11 is 13.5. The summed E-state index contributed by atoms with van der Waals surface area (Å²) in [6, 6.07) is 5.19. The number of halogens is 2. The molecule has 148 valence electrons. The first kappa shape index (κ1) is 20.6. The monoisotopic (exact) mass is 438 g/mol. The van der Waals surface area contributed by atoms with Crippen molar-refractivity contribution in [3.05, 3.63) is 33.1 Å². The number of nitrogen functional groups attached to an aromatic ring is 1. The summed E-state index contributed by atoms with van der Waals surface area (Å²) < 4.78 is 0. The minimum absolute atomic E-state index is 0.280. The molecule has 0 unspecified atom stereocenters. The minimum atomic E-state index is -0.422. The number of rotatable bonds is 5. The second-order valence-corrected chi connectivity index (χ2v) is 8.66. The number of fused-ring (bicyclic) bond motifs is 1. The van der Waals surface area contributed by atoms with Crippen molar-refractivity contribution in [3.63, 3.8) is 0 Å².